The van der Waals surface area contributed by atoms with Gasteiger partial charge in [-0.3, -0.25) is 9.59 Å². The summed E-state index contributed by atoms with van der Waals surface area (Å²) in [6.45, 7) is 12.8. The Morgan fingerprint density at radius 1 is 1.09 bits per heavy atom. The molecule has 1 fully saturated rings. The number of amides is 3. The molecule has 2 rings (SSSR count). The highest BCUT2D eigenvalue weighted by molar-refractivity contribution is 5.93. The Hall–Kier alpha value is -3.01. The van der Waals surface area contributed by atoms with Gasteiger partial charge in [0.1, 0.15) is 17.7 Å². The van der Waals surface area contributed by atoms with E-state index in [9.17, 15) is 14.4 Å². The summed E-state index contributed by atoms with van der Waals surface area (Å²) in [5, 5.41) is 5.70. The van der Waals surface area contributed by atoms with Crippen LogP contribution in [-0.4, -0.2) is 46.5 Å². The Bertz CT molecular complexity index is 923. The van der Waals surface area contributed by atoms with Gasteiger partial charge in [-0.1, -0.05) is 38.0 Å². The quantitative estimate of drug-likeness (QED) is 0.560. The molecule has 34 heavy (non-hydrogen) atoms. The summed E-state index contributed by atoms with van der Waals surface area (Å²) in [6, 6.07) is 5.19. The molecule has 0 aromatic heterocycles. The van der Waals surface area contributed by atoms with Crippen molar-refractivity contribution in [3.05, 3.63) is 35.4 Å². The van der Waals surface area contributed by atoms with Gasteiger partial charge in [0.25, 0.3) is 0 Å². The second-order valence-corrected chi connectivity index (χ2v) is 10.5. The lowest BCUT2D eigenvalue weighted by Crippen LogP contribution is -2.59. The van der Waals surface area contributed by atoms with E-state index in [1.807, 2.05) is 39.8 Å². The van der Waals surface area contributed by atoms with Gasteiger partial charge in [0.2, 0.25) is 11.8 Å². The summed E-state index contributed by atoms with van der Waals surface area (Å²) >= 11 is 0. The third-order valence-electron chi connectivity index (χ3n) is 5.70. The maximum absolute atomic E-state index is 14.0. The van der Waals surface area contributed by atoms with Gasteiger partial charge in [-0.05, 0) is 71.4 Å². The maximum atomic E-state index is 14.0. The normalized spacial score (nSPS) is 15.6. The molecular weight excluding hydrogens is 430 g/mol. The molecule has 1 aliphatic rings. The molecular formula is C27H39N3O4. The summed E-state index contributed by atoms with van der Waals surface area (Å²) in [4.78, 5) is 41.8. The van der Waals surface area contributed by atoms with Gasteiger partial charge in [-0.25, -0.2) is 4.79 Å². The van der Waals surface area contributed by atoms with Crippen LogP contribution in [0, 0.1) is 18.3 Å². The Balaban J connectivity index is 2.53. The summed E-state index contributed by atoms with van der Waals surface area (Å²) in [5.41, 5.74) is 0.459. The monoisotopic (exact) mass is 469 g/mol. The van der Waals surface area contributed by atoms with E-state index in [0.29, 0.717) is 11.1 Å². The first-order valence-corrected chi connectivity index (χ1v) is 12.0. The second kappa shape index (κ2) is 11.4. The van der Waals surface area contributed by atoms with Crippen LogP contribution in [0.25, 0.3) is 0 Å². The minimum Gasteiger partial charge on any atom is -0.444 e. The van der Waals surface area contributed by atoms with Crippen molar-refractivity contribution in [3.8, 4) is 12.3 Å². The molecule has 0 bridgehead atoms. The van der Waals surface area contributed by atoms with Crippen molar-refractivity contribution in [2.75, 3.05) is 0 Å². The van der Waals surface area contributed by atoms with Crippen molar-refractivity contribution in [2.45, 2.75) is 97.5 Å². The zero-order valence-electron chi connectivity index (χ0n) is 21.5. The number of hydrogen-bond acceptors (Lipinski definition) is 4. The Morgan fingerprint density at radius 2 is 1.71 bits per heavy atom. The summed E-state index contributed by atoms with van der Waals surface area (Å²) in [5.74, 6) is 1.82. The van der Waals surface area contributed by atoms with Crippen molar-refractivity contribution in [3.63, 3.8) is 0 Å². The average molecular weight is 470 g/mol. The van der Waals surface area contributed by atoms with Gasteiger partial charge in [-0.2, -0.15) is 0 Å². The molecule has 0 saturated heterocycles. The predicted molar refractivity (Wildman–Crippen MR) is 133 cm³/mol. The molecule has 1 saturated carbocycles. The first kappa shape index (κ1) is 27.2. The fourth-order valence-electron chi connectivity index (χ4n) is 3.94. The first-order chi connectivity index (χ1) is 15.9. The standard InChI is InChI=1S/C27H39N3O4/c1-9-19-13-10-11-16-21(19)23(24(31)28-18(4)5)30(20-14-12-15-20)25(32)22(17(2)3)29-26(33)34-27(6,7)8/h1,10-11,13,16-18,20,22-23H,12,14-15H2,2-8H3,(H,28,31)(H,29,33). The van der Waals surface area contributed by atoms with E-state index in [1.54, 1.807) is 37.8 Å². The Morgan fingerprint density at radius 3 is 2.18 bits per heavy atom. The summed E-state index contributed by atoms with van der Waals surface area (Å²) in [6.07, 6.45) is 7.63. The number of alkyl carbamates (subject to hydrolysis) is 1. The largest absolute Gasteiger partial charge is 0.444 e. The van der Waals surface area contributed by atoms with Crippen LogP contribution >= 0.6 is 0 Å². The van der Waals surface area contributed by atoms with Crippen LogP contribution in [0.2, 0.25) is 0 Å². The molecule has 0 radical (unpaired) electrons. The van der Waals surface area contributed by atoms with Crippen LogP contribution < -0.4 is 10.6 Å². The van der Waals surface area contributed by atoms with Crippen LogP contribution in [0.5, 0.6) is 0 Å². The van der Waals surface area contributed by atoms with Crippen LogP contribution in [0.15, 0.2) is 24.3 Å². The first-order valence-electron chi connectivity index (χ1n) is 12.0. The van der Waals surface area contributed by atoms with Gasteiger partial charge in [0, 0.05) is 17.6 Å². The van der Waals surface area contributed by atoms with E-state index in [0.717, 1.165) is 19.3 Å². The van der Waals surface area contributed by atoms with Gasteiger partial charge >= 0.3 is 6.09 Å². The van der Waals surface area contributed by atoms with E-state index < -0.39 is 23.8 Å². The zero-order chi connectivity index (χ0) is 25.6. The van der Waals surface area contributed by atoms with Crippen molar-refractivity contribution >= 4 is 17.9 Å². The number of hydrogen-bond donors (Lipinski definition) is 2. The molecule has 0 aliphatic heterocycles. The lowest BCUT2D eigenvalue weighted by molar-refractivity contribution is -0.148. The van der Waals surface area contributed by atoms with Gasteiger partial charge in [0.15, 0.2) is 0 Å². The third-order valence-corrected chi connectivity index (χ3v) is 5.70. The summed E-state index contributed by atoms with van der Waals surface area (Å²) in [7, 11) is 0. The molecule has 3 amide bonds. The fourth-order valence-corrected chi connectivity index (χ4v) is 3.94. The fraction of sp³-hybridized carbons (Fsp3) is 0.593. The van der Waals surface area contributed by atoms with Crippen LogP contribution in [0.4, 0.5) is 4.79 Å². The molecule has 0 spiro atoms. The molecule has 1 aromatic carbocycles. The molecule has 2 N–H and O–H groups in total. The Labute approximate surface area is 204 Å². The minimum atomic E-state index is -0.908. The lowest BCUT2D eigenvalue weighted by atomic mass is 9.86. The van der Waals surface area contributed by atoms with Gasteiger partial charge in [0.05, 0.1) is 0 Å². The zero-order valence-corrected chi connectivity index (χ0v) is 21.5. The molecule has 186 valence electrons. The molecule has 2 unspecified atom stereocenters. The van der Waals surface area contributed by atoms with Crippen molar-refractivity contribution < 1.29 is 19.1 Å². The maximum Gasteiger partial charge on any atom is 0.408 e. The smallest absolute Gasteiger partial charge is 0.408 e. The topological polar surface area (TPSA) is 87.7 Å². The average Bonchev–Trinajstić information content (AvgIpc) is 2.68. The summed E-state index contributed by atoms with van der Waals surface area (Å²) < 4.78 is 5.40. The van der Waals surface area contributed by atoms with Gasteiger partial charge < -0.3 is 20.3 Å². The van der Waals surface area contributed by atoms with Gasteiger partial charge in [-0.15, -0.1) is 6.42 Å². The minimum absolute atomic E-state index is 0.118. The molecule has 0 heterocycles. The van der Waals surface area contributed by atoms with E-state index in [2.05, 4.69) is 16.6 Å². The number of terminal acetylenes is 1. The van der Waals surface area contributed by atoms with Crippen molar-refractivity contribution in [1.82, 2.24) is 15.5 Å². The molecule has 2 atom stereocenters. The van der Waals surface area contributed by atoms with Crippen molar-refractivity contribution in [1.29, 1.82) is 0 Å². The molecule has 7 nitrogen and oxygen atoms in total. The number of rotatable bonds is 8. The van der Waals surface area contributed by atoms with E-state index in [4.69, 9.17) is 11.2 Å². The van der Waals surface area contributed by atoms with Crippen molar-refractivity contribution in [2.24, 2.45) is 5.92 Å². The Kier molecular flexibility index (Phi) is 9.14. The second-order valence-electron chi connectivity index (χ2n) is 10.5. The van der Waals surface area contributed by atoms with E-state index in [-0.39, 0.29) is 29.8 Å². The predicted octanol–water partition coefficient (Wildman–Crippen LogP) is 4.16. The number of carbonyl (C=O) groups excluding carboxylic acids is 3. The van der Waals surface area contributed by atoms with E-state index >= 15 is 0 Å². The highest BCUT2D eigenvalue weighted by Crippen LogP contribution is 2.35. The third kappa shape index (κ3) is 6.99. The number of ether oxygens (including phenoxy) is 1. The van der Waals surface area contributed by atoms with Crippen LogP contribution in [-0.2, 0) is 14.3 Å². The number of benzene rings is 1. The molecule has 1 aliphatic carbocycles. The number of nitrogens with one attached hydrogen (secondary N) is 2. The van der Waals surface area contributed by atoms with Crippen LogP contribution in [0.1, 0.15) is 84.9 Å². The SMILES string of the molecule is C#Cc1ccccc1C(C(=O)NC(C)C)N(C(=O)C(NC(=O)OC(C)(C)C)C(C)C)C1CCC1. The van der Waals surface area contributed by atoms with E-state index in [1.165, 1.54) is 0 Å². The number of carbonyl (C=O) groups is 3. The van der Waals surface area contributed by atoms with Crippen LogP contribution in [0.3, 0.4) is 0 Å². The molecule has 7 heteroatoms. The molecule has 1 aromatic rings. The highest BCUT2D eigenvalue weighted by atomic mass is 16.6. The lowest BCUT2D eigenvalue weighted by Gasteiger charge is -2.44. The highest BCUT2D eigenvalue weighted by Gasteiger charge is 2.43. The number of nitrogens with zero attached hydrogens (tertiary/aromatic N) is 1.